The number of nitrogens with zero attached hydrogens (tertiary/aromatic N) is 1. The van der Waals surface area contributed by atoms with Crippen LogP contribution in [0.3, 0.4) is 0 Å². The zero-order valence-corrected chi connectivity index (χ0v) is 11.8. The molecule has 0 aliphatic carbocycles. The number of benzene rings is 1. The van der Waals surface area contributed by atoms with Gasteiger partial charge in [-0.3, -0.25) is 4.79 Å². The number of carbonyl (C=O) groups excluding carboxylic acids is 1. The molecule has 1 fully saturated rings. The Labute approximate surface area is 123 Å². The second-order valence-corrected chi connectivity index (χ2v) is 5.48. The molecular weight excluding hydrogens is 268 g/mol. The van der Waals surface area contributed by atoms with Crippen LogP contribution in [0.5, 0.6) is 5.75 Å². The fourth-order valence-corrected chi connectivity index (χ4v) is 2.77. The fourth-order valence-electron chi connectivity index (χ4n) is 2.77. The van der Waals surface area contributed by atoms with Gasteiger partial charge in [0.25, 0.3) is 5.91 Å². The van der Waals surface area contributed by atoms with E-state index in [0.29, 0.717) is 18.7 Å². The van der Waals surface area contributed by atoms with Gasteiger partial charge < -0.3 is 20.2 Å². The van der Waals surface area contributed by atoms with Crippen molar-refractivity contribution in [2.24, 2.45) is 5.73 Å². The van der Waals surface area contributed by atoms with Gasteiger partial charge in [-0.2, -0.15) is 0 Å². The first-order valence-corrected chi connectivity index (χ1v) is 6.95. The molecule has 0 radical (unpaired) electrons. The number of hydrogen-bond acceptors (Lipinski definition) is 4. The highest BCUT2D eigenvalue weighted by Gasteiger charge is 2.36. The number of rotatable bonds is 2. The van der Waals surface area contributed by atoms with Crippen LogP contribution in [0.25, 0.3) is 0 Å². The number of amides is 1. The highest BCUT2D eigenvalue weighted by molar-refractivity contribution is 5.94. The summed E-state index contributed by atoms with van der Waals surface area (Å²) in [6, 6.07) is 10.0. The average molecular weight is 286 g/mol. The van der Waals surface area contributed by atoms with Crippen molar-refractivity contribution in [1.82, 2.24) is 4.90 Å². The maximum absolute atomic E-state index is 12.5. The van der Waals surface area contributed by atoms with E-state index in [0.717, 1.165) is 11.5 Å². The molecule has 1 aromatic carbocycles. The third-order valence-electron chi connectivity index (χ3n) is 3.87. The summed E-state index contributed by atoms with van der Waals surface area (Å²) in [5.74, 6) is 1.65. The molecule has 0 bridgehead atoms. The standard InChI is InChI=1S/C16H18N2O3/c1-10-5-6-15(21-10)13-8-18(9-14(13)17)16(20)11-3-2-4-12(19)7-11/h2-7,13-14,19H,8-9,17H2,1H3. The molecule has 110 valence electrons. The molecule has 2 heterocycles. The maximum atomic E-state index is 12.5. The SMILES string of the molecule is Cc1ccc(C2CN(C(=O)c3cccc(O)c3)CC2N)o1. The predicted molar refractivity (Wildman–Crippen MR) is 78.2 cm³/mol. The number of aryl methyl sites for hydroxylation is 1. The second kappa shape index (κ2) is 5.26. The van der Waals surface area contributed by atoms with Gasteiger partial charge >= 0.3 is 0 Å². The number of carbonyl (C=O) groups is 1. The van der Waals surface area contributed by atoms with Crippen molar-refractivity contribution in [3.63, 3.8) is 0 Å². The summed E-state index contributed by atoms with van der Waals surface area (Å²) >= 11 is 0. The van der Waals surface area contributed by atoms with Crippen molar-refractivity contribution in [3.05, 3.63) is 53.5 Å². The quantitative estimate of drug-likeness (QED) is 0.883. The minimum Gasteiger partial charge on any atom is -0.508 e. The lowest BCUT2D eigenvalue weighted by molar-refractivity contribution is 0.0788. The van der Waals surface area contributed by atoms with Crippen molar-refractivity contribution in [2.75, 3.05) is 13.1 Å². The summed E-state index contributed by atoms with van der Waals surface area (Å²) in [6.45, 7) is 2.90. The molecule has 1 aliphatic rings. The number of phenolic OH excluding ortho intramolecular Hbond substituents is 1. The smallest absolute Gasteiger partial charge is 0.254 e. The predicted octanol–water partition coefficient (Wildman–Crippen LogP) is 1.86. The zero-order valence-electron chi connectivity index (χ0n) is 11.8. The molecule has 21 heavy (non-hydrogen) atoms. The number of likely N-dealkylation sites (tertiary alicyclic amines) is 1. The van der Waals surface area contributed by atoms with E-state index in [1.807, 2.05) is 19.1 Å². The summed E-state index contributed by atoms with van der Waals surface area (Å²) < 4.78 is 5.63. The van der Waals surface area contributed by atoms with Gasteiger partial charge in [-0.1, -0.05) is 6.07 Å². The van der Waals surface area contributed by atoms with Crippen molar-refractivity contribution in [1.29, 1.82) is 0 Å². The number of aromatic hydroxyl groups is 1. The Bertz CT molecular complexity index is 665. The van der Waals surface area contributed by atoms with E-state index in [-0.39, 0.29) is 23.6 Å². The Morgan fingerprint density at radius 1 is 1.33 bits per heavy atom. The normalized spacial score (nSPS) is 21.7. The van der Waals surface area contributed by atoms with Crippen LogP contribution in [0.2, 0.25) is 0 Å². The summed E-state index contributed by atoms with van der Waals surface area (Å²) in [5.41, 5.74) is 6.62. The van der Waals surface area contributed by atoms with E-state index in [4.69, 9.17) is 10.2 Å². The molecule has 3 rings (SSSR count). The lowest BCUT2D eigenvalue weighted by atomic mass is 10.0. The minimum atomic E-state index is -0.142. The van der Waals surface area contributed by atoms with Crippen LogP contribution < -0.4 is 5.73 Å². The minimum absolute atomic E-state index is 0.0139. The van der Waals surface area contributed by atoms with Gasteiger partial charge in [0.2, 0.25) is 0 Å². The summed E-state index contributed by atoms with van der Waals surface area (Å²) in [7, 11) is 0. The third-order valence-corrected chi connectivity index (χ3v) is 3.87. The summed E-state index contributed by atoms with van der Waals surface area (Å²) in [6.07, 6.45) is 0. The average Bonchev–Trinajstić information content (AvgIpc) is 3.04. The largest absolute Gasteiger partial charge is 0.508 e. The van der Waals surface area contributed by atoms with E-state index in [9.17, 15) is 9.90 Å². The van der Waals surface area contributed by atoms with Crippen molar-refractivity contribution < 1.29 is 14.3 Å². The number of hydrogen-bond donors (Lipinski definition) is 2. The zero-order chi connectivity index (χ0) is 15.0. The van der Waals surface area contributed by atoms with Gasteiger partial charge in [0.1, 0.15) is 17.3 Å². The molecule has 1 saturated heterocycles. The Kier molecular flexibility index (Phi) is 3.43. The highest BCUT2D eigenvalue weighted by atomic mass is 16.3. The number of furan rings is 1. The molecule has 1 amide bonds. The first kappa shape index (κ1) is 13.7. The summed E-state index contributed by atoms with van der Waals surface area (Å²) in [5, 5.41) is 9.48. The molecule has 0 saturated carbocycles. The van der Waals surface area contributed by atoms with Crippen LogP contribution in [-0.2, 0) is 0 Å². The van der Waals surface area contributed by atoms with Crippen LogP contribution in [0, 0.1) is 6.92 Å². The molecule has 5 nitrogen and oxygen atoms in total. The molecule has 3 N–H and O–H groups in total. The topological polar surface area (TPSA) is 79.7 Å². The lowest BCUT2D eigenvalue weighted by Crippen LogP contribution is -2.32. The Morgan fingerprint density at radius 3 is 2.81 bits per heavy atom. The van der Waals surface area contributed by atoms with E-state index in [2.05, 4.69) is 0 Å². The van der Waals surface area contributed by atoms with Gasteiger partial charge in [0.15, 0.2) is 0 Å². The monoisotopic (exact) mass is 286 g/mol. The Morgan fingerprint density at radius 2 is 2.14 bits per heavy atom. The van der Waals surface area contributed by atoms with Gasteiger partial charge in [-0.05, 0) is 37.3 Å². The molecule has 1 aromatic heterocycles. The van der Waals surface area contributed by atoms with Crippen LogP contribution in [0.15, 0.2) is 40.8 Å². The van der Waals surface area contributed by atoms with Crippen molar-refractivity contribution >= 4 is 5.91 Å². The van der Waals surface area contributed by atoms with Gasteiger partial charge in [0.05, 0.1) is 5.92 Å². The fraction of sp³-hybridized carbons (Fsp3) is 0.312. The maximum Gasteiger partial charge on any atom is 0.254 e. The Balaban J connectivity index is 1.78. The molecule has 2 atom stereocenters. The van der Waals surface area contributed by atoms with E-state index >= 15 is 0 Å². The second-order valence-electron chi connectivity index (χ2n) is 5.48. The van der Waals surface area contributed by atoms with E-state index in [1.54, 1.807) is 23.1 Å². The molecule has 5 heteroatoms. The van der Waals surface area contributed by atoms with Crippen molar-refractivity contribution in [2.45, 2.75) is 18.9 Å². The van der Waals surface area contributed by atoms with Crippen LogP contribution in [-0.4, -0.2) is 35.0 Å². The van der Waals surface area contributed by atoms with Gasteiger partial charge in [0, 0.05) is 24.7 Å². The van der Waals surface area contributed by atoms with Crippen LogP contribution in [0.1, 0.15) is 27.8 Å². The number of nitrogens with two attached hydrogens (primary N) is 1. The number of phenols is 1. The molecular formula is C16H18N2O3. The van der Waals surface area contributed by atoms with Crippen molar-refractivity contribution in [3.8, 4) is 5.75 Å². The first-order valence-electron chi connectivity index (χ1n) is 6.95. The molecule has 0 spiro atoms. The van der Waals surface area contributed by atoms with Crippen LogP contribution in [0.4, 0.5) is 0 Å². The highest BCUT2D eigenvalue weighted by Crippen LogP contribution is 2.29. The van der Waals surface area contributed by atoms with Gasteiger partial charge in [-0.25, -0.2) is 0 Å². The Hall–Kier alpha value is -2.27. The van der Waals surface area contributed by atoms with Crippen LogP contribution >= 0.6 is 0 Å². The lowest BCUT2D eigenvalue weighted by Gasteiger charge is -2.16. The first-order chi connectivity index (χ1) is 10.0. The molecule has 2 aromatic rings. The summed E-state index contributed by atoms with van der Waals surface area (Å²) in [4.78, 5) is 14.2. The molecule has 1 aliphatic heterocycles. The molecule has 2 unspecified atom stereocenters. The van der Waals surface area contributed by atoms with Gasteiger partial charge in [-0.15, -0.1) is 0 Å². The third kappa shape index (κ3) is 2.64. The van der Waals surface area contributed by atoms with E-state index < -0.39 is 0 Å². The van der Waals surface area contributed by atoms with E-state index in [1.165, 1.54) is 6.07 Å².